The fourth-order valence-electron chi connectivity index (χ4n) is 3.05. The smallest absolute Gasteiger partial charge is 0.336 e. The second kappa shape index (κ2) is 5.83. The van der Waals surface area contributed by atoms with E-state index in [-0.39, 0.29) is 5.56 Å². The largest absolute Gasteiger partial charge is 0.478 e. The highest BCUT2D eigenvalue weighted by Gasteiger charge is 2.15. The second-order valence-electron chi connectivity index (χ2n) is 5.67. The average molecular weight is 330 g/mol. The van der Waals surface area contributed by atoms with Crippen molar-refractivity contribution in [2.24, 2.45) is 0 Å². The van der Waals surface area contributed by atoms with Gasteiger partial charge in [-0.1, -0.05) is 30.3 Å². The highest BCUT2D eigenvalue weighted by molar-refractivity contribution is 5.96. The van der Waals surface area contributed by atoms with E-state index in [4.69, 9.17) is 0 Å². The third-order valence-corrected chi connectivity index (χ3v) is 4.27. The Morgan fingerprint density at radius 3 is 2.60 bits per heavy atom. The van der Waals surface area contributed by atoms with Crippen LogP contribution in [-0.4, -0.2) is 30.8 Å². The lowest BCUT2D eigenvalue weighted by molar-refractivity contribution is 0.0697. The molecule has 2 aromatic carbocycles. The Morgan fingerprint density at radius 1 is 1.00 bits per heavy atom. The van der Waals surface area contributed by atoms with E-state index in [1.807, 2.05) is 41.8 Å². The molecule has 0 aliphatic heterocycles. The first kappa shape index (κ1) is 15.0. The van der Waals surface area contributed by atoms with Crippen LogP contribution < -0.4 is 0 Å². The molecule has 122 valence electrons. The summed E-state index contributed by atoms with van der Waals surface area (Å²) in [7, 11) is 0. The lowest BCUT2D eigenvalue weighted by atomic mass is 9.95. The van der Waals surface area contributed by atoms with Crippen LogP contribution in [0.3, 0.4) is 0 Å². The van der Waals surface area contributed by atoms with Gasteiger partial charge in [0.05, 0.1) is 29.2 Å². The van der Waals surface area contributed by atoms with Crippen LogP contribution in [0.2, 0.25) is 0 Å². The average Bonchev–Trinajstić information content (AvgIpc) is 3.06. The highest BCUT2D eigenvalue weighted by Crippen LogP contribution is 2.31. The molecule has 0 bridgehead atoms. The number of hydrogen-bond donors (Lipinski definition) is 1. The molecule has 25 heavy (non-hydrogen) atoms. The molecule has 0 amide bonds. The van der Waals surface area contributed by atoms with E-state index in [2.05, 4.69) is 15.2 Å². The predicted molar refractivity (Wildman–Crippen MR) is 93.8 cm³/mol. The molecular weight excluding hydrogens is 316 g/mol. The SMILES string of the molecule is Cc1c(-c2ccccc2C(=O)O)cccc1-n1cnc2cnncc21. The van der Waals surface area contributed by atoms with Crippen LogP contribution in [-0.2, 0) is 0 Å². The third-order valence-electron chi connectivity index (χ3n) is 4.27. The Hall–Kier alpha value is -3.54. The van der Waals surface area contributed by atoms with Gasteiger partial charge in [-0.25, -0.2) is 9.78 Å². The summed E-state index contributed by atoms with van der Waals surface area (Å²) in [6.45, 7) is 1.98. The summed E-state index contributed by atoms with van der Waals surface area (Å²) in [6, 6.07) is 12.8. The fourth-order valence-corrected chi connectivity index (χ4v) is 3.05. The zero-order valence-corrected chi connectivity index (χ0v) is 13.4. The van der Waals surface area contributed by atoms with Crippen molar-refractivity contribution in [1.82, 2.24) is 19.7 Å². The Balaban J connectivity index is 1.95. The molecular formula is C19H14N4O2. The first-order chi connectivity index (χ1) is 12.2. The van der Waals surface area contributed by atoms with Crippen LogP contribution in [0.5, 0.6) is 0 Å². The van der Waals surface area contributed by atoms with Crippen LogP contribution in [0.4, 0.5) is 0 Å². The van der Waals surface area contributed by atoms with E-state index in [9.17, 15) is 9.90 Å². The van der Waals surface area contributed by atoms with E-state index < -0.39 is 5.97 Å². The Labute approximate surface area is 143 Å². The fraction of sp³-hybridized carbons (Fsp3) is 0.0526. The Bertz CT molecular complexity index is 1100. The van der Waals surface area contributed by atoms with Crippen LogP contribution in [0.25, 0.3) is 27.8 Å². The van der Waals surface area contributed by atoms with Gasteiger partial charge in [0.1, 0.15) is 11.8 Å². The van der Waals surface area contributed by atoms with Crippen molar-refractivity contribution in [2.45, 2.75) is 6.92 Å². The van der Waals surface area contributed by atoms with Crippen molar-refractivity contribution >= 4 is 17.0 Å². The molecule has 0 spiro atoms. The molecule has 1 N–H and O–H groups in total. The second-order valence-corrected chi connectivity index (χ2v) is 5.67. The molecule has 4 rings (SSSR count). The molecule has 0 aliphatic carbocycles. The van der Waals surface area contributed by atoms with Crippen molar-refractivity contribution < 1.29 is 9.90 Å². The summed E-state index contributed by atoms with van der Waals surface area (Å²) in [4.78, 5) is 15.9. The molecule has 0 unspecified atom stereocenters. The summed E-state index contributed by atoms with van der Waals surface area (Å²) in [5, 5.41) is 17.3. The molecule has 6 nitrogen and oxygen atoms in total. The van der Waals surface area contributed by atoms with Crippen LogP contribution in [0, 0.1) is 6.92 Å². The minimum atomic E-state index is -0.941. The number of nitrogens with zero attached hydrogens (tertiary/aromatic N) is 4. The topological polar surface area (TPSA) is 80.9 Å². The van der Waals surface area contributed by atoms with E-state index in [0.29, 0.717) is 5.56 Å². The van der Waals surface area contributed by atoms with Gasteiger partial charge in [-0.2, -0.15) is 10.2 Å². The number of benzene rings is 2. The van der Waals surface area contributed by atoms with Gasteiger partial charge in [0.15, 0.2) is 0 Å². The number of carbonyl (C=O) groups is 1. The number of aromatic carboxylic acids is 1. The first-order valence-corrected chi connectivity index (χ1v) is 7.73. The van der Waals surface area contributed by atoms with Gasteiger partial charge in [-0.3, -0.25) is 4.57 Å². The van der Waals surface area contributed by atoms with E-state index in [1.54, 1.807) is 30.9 Å². The van der Waals surface area contributed by atoms with E-state index in [0.717, 1.165) is 27.8 Å². The number of rotatable bonds is 3. The molecule has 0 atom stereocenters. The summed E-state index contributed by atoms with van der Waals surface area (Å²) in [5.41, 5.74) is 5.34. The zero-order valence-electron chi connectivity index (χ0n) is 13.4. The van der Waals surface area contributed by atoms with Crippen molar-refractivity contribution in [1.29, 1.82) is 0 Å². The quantitative estimate of drug-likeness (QED) is 0.622. The maximum atomic E-state index is 11.6. The minimum absolute atomic E-state index is 0.282. The number of carboxylic acid groups (broad SMARTS) is 1. The molecule has 4 aromatic rings. The Morgan fingerprint density at radius 2 is 1.76 bits per heavy atom. The van der Waals surface area contributed by atoms with Crippen molar-refractivity contribution in [3.05, 3.63) is 72.3 Å². The molecule has 0 radical (unpaired) electrons. The third kappa shape index (κ3) is 2.44. The van der Waals surface area contributed by atoms with Crippen LogP contribution >= 0.6 is 0 Å². The van der Waals surface area contributed by atoms with Gasteiger partial charge in [-0.15, -0.1) is 0 Å². The van der Waals surface area contributed by atoms with Gasteiger partial charge < -0.3 is 5.11 Å². The number of fused-ring (bicyclic) bond motifs is 1. The lowest BCUT2D eigenvalue weighted by Crippen LogP contribution is -2.02. The zero-order chi connectivity index (χ0) is 17.4. The van der Waals surface area contributed by atoms with Gasteiger partial charge in [-0.05, 0) is 35.7 Å². The number of hydrogen-bond acceptors (Lipinski definition) is 4. The molecule has 0 aliphatic rings. The number of imidazole rings is 1. The number of carboxylic acids is 1. The standard InChI is InChI=1S/C19H14N4O2/c1-12-13(14-5-2-3-6-15(14)19(24)25)7-4-8-17(12)23-11-20-16-9-21-22-10-18(16)23/h2-11H,1H3,(H,24,25). The molecule has 2 aromatic heterocycles. The monoisotopic (exact) mass is 330 g/mol. The summed E-state index contributed by atoms with van der Waals surface area (Å²) >= 11 is 0. The minimum Gasteiger partial charge on any atom is -0.478 e. The van der Waals surface area contributed by atoms with Crippen LogP contribution in [0.15, 0.2) is 61.2 Å². The maximum Gasteiger partial charge on any atom is 0.336 e. The Kier molecular flexibility index (Phi) is 3.50. The van der Waals surface area contributed by atoms with Gasteiger partial charge in [0.2, 0.25) is 0 Å². The normalized spacial score (nSPS) is 10.9. The van der Waals surface area contributed by atoms with Gasteiger partial charge in [0.25, 0.3) is 0 Å². The lowest BCUT2D eigenvalue weighted by Gasteiger charge is -2.14. The van der Waals surface area contributed by atoms with Crippen LogP contribution in [0.1, 0.15) is 15.9 Å². The highest BCUT2D eigenvalue weighted by atomic mass is 16.4. The molecule has 2 heterocycles. The van der Waals surface area contributed by atoms with Crippen molar-refractivity contribution in [3.8, 4) is 16.8 Å². The van der Waals surface area contributed by atoms with Gasteiger partial charge in [0, 0.05) is 0 Å². The number of aromatic nitrogens is 4. The summed E-state index contributed by atoms with van der Waals surface area (Å²) < 4.78 is 1.94. The van der Waals surface area contributed by atoms with Crippen molar-refractivity contribution in [3.63, 3.8) is 0 Å². The maximum absolute atomic E-state index is 11.6. The summed E-state index contributed by atoms with van der Waals surface area (Å²) in [6.07, 6.45) is 5.01. The molecule has 0 saturated carbocycles. The predicted octanol–water partition coefficient (Wildman–Crippen LogP) is 3.49. The molecule has 0 fully saturated rings. The van der Waals surface area contributed by atoms with Crippen molar-refractivity contribution in [2.75, 3.05) is 0 Å². The molecule has 0 saturated heterocycles. The molecule has 6 heteroatoms. The van der Waals surface area contributed by atoms with E-state index in [1.165, 1.54) is 0 Å². The van der Waals surface area contributed by atoms with Gasteiger partial charge >= 0.3 is 5.97 Å². The summed E-state index contributed by atoms with van der Waals surface area (Å²) in [5.74, 6) is -0.941. The van der Waals surface area contributed by atoms with E-state index >= 15 is 0 Å². The first-order valence-electron chi connectivity index (χ1n) is 7.73.